The number of anilines is 1. The summed E-state index contributed by atoms with van der Waals surface area (Å²) in [7, 11) is 0. The van der Waals surface area contributed by atoms with Crippen molar-refractivity contribution in [3.63, 3.8) is 0 Å². The number of hydrazine groups is 1. The summed E-state index contributed by atoms with van der Waals surface area (Å²) in [5.74, 6) is -0.168. The van der Waals surface area contributed by atoms with Crippen molar-refractivity contribution >= 4 is 40.4 Å². The highest BCUT2D eigenvalue weighted by molar-refractivity contribution is 7.15. The highest BCUT2D eigenvalue weighted by Gasteiger charge is 2.13. The minimum atomic E-state index is -0.168. The van der Waals surface area contributed by atoms with Gasteiger partial charge < -0.3 is 0 Å². The van der Waals surface area contributed by atoms with Gasteiger partial charge in [-0.05, 0) is 18.6 Å². The lowest BCUT2D eigenvalue weighted by Crippen LogP contribution is -2.44. The molecule has 1 aromatic carbocycles. The lowest BCUT2D eigenvalue weighted by atomic mass is 10.2. The van der Waals surface area contributed by atoms with Gasteiger partial charge in [-0.2, -0.15) is 5.06 Å². The molecule has 25 heavy (non-hydrogen) atoms. The summed E-state index contributed by atoms with van der Waals surface area (Å²) in [5.41, 5.74) is 3.89. The molecule has 134 valence electrons. The van der Waals surface area contributed by atoms with Gasteiger partial charge in [0, 0.05) is 29.6 Å². The second-order valence-electron chi connectivity index (χ2n) is 5.11. The third kappa shape index (κ3) is 5.79. The van der Waals surface area contributed by atoms with Crippen LogP contribution < -0.4 is 10.5 Å². The molecule has 0 aliphatic rings. The molecule has 0 saturated carbocycles. The summed E-state index contributed by atoms with van der Waals surface area (Å²) < 4.78 is 0. The Kier molecular flexibility index (Phi) is 7.32. The van der Waals surface area contributed by atoms with Crippen molar-refractivity contribution in [2.75, 3.05) is 18.2 Å². The van der Waals surface area contributed by atoms with Gasteiger partial charge in [0.1, 0.15) is 0 Å². The van der Waals surface area contributed by atoms with Crippen LogP contribution in [0.25, 0.3) is 0 Å². The first kappa shape index (κ1) is 19.3. The molecule has 1 heterocycles. The van der Waals surface area contributed by atoms with Crippen molar-refractivity contribution in [1.29, 1.82) is 0 Å². The van der Waals surface area contributed by atoms with Crippen molar-refractivity contribution in [3.05, 3.63) is 45.9 Å². The summed E-state index contributed by atoms with van der Waals surface area (Å²) in [5, 5.41) is 3.55. The molecule has 0 saturated heterocycles. The minimum Gasteiger partial charge on any atom is -0.276 e. The maximum atomic E-state index is 11.8. The van der Waals surface area contributed by atoms with Crippen molar-refractivity contribution < 1.29 is 14.4 Å². The normalized spacial score (nSPS) is 10.5. The van der Waals surface area contributed by atoms with Crippen LogP contribution >= 0.6 is 22.9 Å². The number of benzene rings is 1. The number of thiazole rings is 1. The summed E-state index contributed by atoms with van der Waals surface area (Å²) in [6, 6.07) is 7.39. The van der Waals surface area contributed by atoms with E-state index >= 15 is 0 Å². The summed E-state index contributed by atoms with van der Waals surface area (Å²) in [4.78, 5) is 33.3. The van der Waals surface area contributed by atoms with Gasteiger partial charge in [0.2, 0.25) is 17.4 Å². The predicted octanol–water partition coefficient (Wildman–Crippen LogP) is 2.55. The van der Waals surface area contributed by atoms with Crippen molar-refractivity contribution in [2.24, 2.45) is 0 Å². The number of hydroxylamine groups is 1. The number of carbonyl (C=O) groups excluding carboxylic acids is 2. The van der Waals surface area contributed by atoms with Crippen molar-refractivity contribution in [1.82, 2.24) is 15.4 Å². The van der Waals surface area contributed by atoms with E-state index in [1.807, 2.05) is 25.1 Å². The number of hydrogen-bond acceptors (Lipinski definition) is 6. The zero-order valence-electron chi connectivity index (χ0n) is 13.9. The molecule has 0 aliphatic heterocycles. The second kappa shape index (κ2) is 9.47. The molecule has 0 unspecified atom stereocenters. The van der Waals surface area contributed by atoms with Crippen molar-refractivity contribution in [2.45, 2.75) is 20.4 Å². The first-order valence-corrected chi connectivity index (χ1v) is 8.75. The Bertz CT molecular complexity index is 725. The van der Waals surface area contributed by atoms with Crippen LogP contribution in [-0.2, 0) is 21.0 Å². The largest absolute Gasteiger partial charge is 0.276 e. The summed E-state index contributed by atoms with van der Waals surface area (Å²) in [6.07, 6.45) is 2.21. The second-order valence-corrected chi connectivity index (χ2v) is 6.74. The van der Waals surface area contributed by atoms with E-state index in [2.05, 4.69) is 10.4 Å². The Balaban J connectivity index is 1.85. The van der Waals surface area contributed by atoms with E-state index in [1.54, 1.807) is 12.3 Å². The van der Waals surface area contributed by atoms with Crippen LogP contribution in [0.5, 0.6) is 0 Å². The lowest BCUT2D eigenvalue weighted by Gasteiger charge is -2.23. The Morgan fingerprint density at radius 3 is 2.80 bits per heavy atom. The summed E-state index contributed by atoms with van der Waals surface area (Å²) in [6.45, 7) is 4.13. The smallest absolute Gasteiger partial charge is 0.240 e. The Morgan fingerprint density at radius 1 is 1.44 bits per heavy atom. The monoisotopic (exact) mass is 382 g/mol. The van der Waals surface area contributed by atoms with Gasteiger partial charge in [-0.1, -0.05) is 41.1 Å². The van der Waals surface area contributed by atoms with Crippen LogP contribution in [0.15, 0.2) is 30.5 Å². The molecule has 0 aliphatic carbocycles. The number of hydrogen-bond donors (Lipinski definition) is 1. The third-order valence-corrected chi connectivity index (χ3v) is 4.50. The van der Waals surface area contributed by atoms with Gasteiger partial charge in [0.15, 0.2) is 0 Å². The number of halogens is 1. The quantitative estimate of drug-likeness (QED) is 0.533. The van der Waals surface area contributed by atoms with Crippen molar-refractivity contribution in [3.8, 4) is 0 Å². The number of aromatic nitrogens is 1. The zero-order valence-corrected chi connectivity index (χ0v) is 15.5. The topological polar surface area (TPSA) is 74.8 Å². The molecule has 0 atom stereocenters. The van der Waals surface area contributed by atoms with Crippen LogP contribution in [0.1, 0.15) is 17.4 Å². The fourth-order valence-electron chi connectivity index (χ4n) is 1.98. The highest BCUT2D eigenvalue weighted by atomic mass is 35.5. The maximum absolute atomic E-state index is 11.8. The Hall–Kier alpha value is -2.00. The van der Waals surface area contributed by atoms with Crippen LogP contribution in [-0.4, -0.2) is 35.5 Å². The van der Waals surface area contributed by atoms with E-state index in [1.165, 1.54) is 23.3 Å². The number of rotatable bonds is 9. The van der Waals surface area contributed by atoms with Crippen LogP contribution in [0, 0.1) is 6.92 Å². The highest BCUT2D eigenvalue weighted by Crippen LogP contribution is 2.20. The summed E-state index contributed by atoms with van der Waals surface area (Å²) >= 11 is 7.44. The predicted molar refractivity (Wildman–Crippen MR) is 97.0 cm³/mol. The average molecular weight is 383 g/mol. The van der Waals surface area contributed by atoms with Gasteiger partial charge in [-0.3, -0.25) is 19.4 Å². The Morgan fingerprint density at radius 2 is 2.20 bits per heavy atom. The number of aryl methyl sites for hydroxylation is 1. The first-order chi connectivity index (χ1) is 12.0. The fourth-order valence-corrected chi connectivity index (χ4v) is 2.86. The van der Waals surface area contributed by atoms with E-state index in [0.717, 1.165) is 15.5 Å². The molecule has 1 N–H and O–H groups in total. The molecule has 9 heteroatoms. The van der Waals surface area contributed by atoms with E-state index in [0.29, 0.717) is 23.1 Å². The SMILES string of the molecule is CC(=O)N(CCON(C=O)c1ncc(C)s1)NCc1ccccc1Cl. The van der Waals surface area contributed by atoms with E-state index < -0.39 is 0 Å². The van der Waals surface area contributed by atoms with Crippen LogP contribution in [0.2, 0.25) is 5.02 Å². The molecule has 2 amide bonds. The number of carbonyl (C=O) groups is 2. The molecule has 0 bridgehead atoms. The van der Waals surface area contributed by atoms with Gasteiger partial charge in [0.25, 0.3) is 0 Å². The third-order valence-electron chi connectivity index (χ3n) is 3.24. The van der Waals surface area contributed by atoms with E-state index in [4.69, 9.17) is 16.4 Å². The van der Waals surface area contributed by atoms with Gasteiger partial charge >= 0.3 is 0 Å². The first-order valence-electron chi connectivity index (χ1n) is 7.56. The van der Waals surface area contributed by atoms with Gasteiger partial charge in [-0.15, -0.1) is 0 Å². The molecular weight excluding hydrogens is 364 g/mol. The lowest BCUT2D eigenvalue weighted by molar-refractivity contribution is -0.133. The number of nitrogens with zero attached hydrogens (tertiary/aromatic N) is 3. The number of nitrogens with one attached hydrogen (secondary N) is 1. The van der Waals surface area contributed by atoms with E-state index in [9.17, 15) is 9.59 Å². The zero-order chi connectivity index (χ0) is 18.2. The molecule has 0 fully saturated rings. The molecule has 0 radical (unpaired) electrons. The maximum Gasteiger partial charge on any atom is 0.240 e. The number of amides is 2. The minimum absolute atomic E-state index is 0.131. The van der Waals surface area contributed by atoms with Gasteiger partial charge in [-0.25, -0.2) is 10.4 Å². The van der Waals surface area contributed by atoms with Crippen LogP contribution in [0.3, 0.4) is 0 Å². The average Bonchev–Trinajstić information content (AvgIpc) is 3.01. The molecule has 1 aromatic heterocycles. The van der Waals surface area contributed by atoms with Crippen LogP contribution in [0.4, 0.5) is 5.13 Å². The molecule has 7 nitrogen and oxygen atoms in total. The van der Waals surface area contributed by atoms with E-state index in [-0.39, 0.29) is 19.1 Å². The molecular formula is C16H19ClN4O3S. The van der Waals surface area contributed by atoms with Gasteiger partial charge in [0.05, 0.1) is 13.2 Å². The molecule has 0 spiro atoms. The molecule has 2 aromatic rings. The standard InChI is InChI=1S/C16H19ClN4O3S/c1-12-9-18-16(25-12)21(11-22)24-8-7-20(13(2)23)19-10-14-5-3-4-6-15(14)17/h3-6,9,11,19H,7-8,10H2,1-2H3. The Labute approximate surface area is 155 Å². The fraction of sp³-hybridized carbons (Fsp3) is 0.312. The molecule has 2 rings (SSSR count).